The summed E-state index contributed by atoms with van der Waals surface area (Å²) in [5.41, 5.74) is 1.19. The number of hydrogen-bond acceptors (Lipinski definition) is 4. The number of carbonyl (C=O) groups excluding carboxylic acids is 2. The number of aromatic amines is 1. The van der Waals surface area contributed by atoms with Crippen LogP contribution in [0.4, 0.5) is 0 Å². The van der Waals surface area contributed by atoms with Crippen LogP contribution in [0.25, 0.3) is 10.9 Å². The molecule has 0 saturated carbocycles. The maximum absolute atomic E-state index is 11.9. The number of rotatable bonds is 5. The third-order valence-corrected chi connectivity index (χ3v) is 2.81. The van der Waals surface area contributed by atoms with Crippen LogP contribution < -0.4 is 4.74 Å². The van der Waals surface area contributed by atoms with Gasteiger partial charge in [-0.05, 0) is 24.6 Å². The van der Waals surface area contributed by atoms with Gasteiger partial charge in [0, 0.05) is 10.9 Å². The number of carbonyl (C=O) groups is 2. The number of methoxy groups -OCH3 is 1. The van der Waals surface area contributed by atoms with Gasteiger partial charge in [-0.3, -0.25) is 4.79 Å². The molecule has 0 amide bonds. The number of hydrogen-bond donors (Lipinski definition) is 1. The average molecular weight is 261 g/mol. The van der Waals surface area contributed by atoms with Crippen LogP contribution in [0.1, 0.15) is 34.2 Å². The van der Waals surface area contributed by atoms with Crippen molar-refractivity contribution in [1.82, 2.24) is 4.98 Å². The molecule has 0 saturated heterocycles. The van der Waals surface area contributed by atoms with Crippen molar-refractivity contribution in [2.75, 3.05) is 13.7 Å². The second-order valence-electron chi connectivity index (χ2n) is 4.08. The fourth-order valence-electron chi connectivity index (χ4n) is 1.87. The monoisotopic (exact) mass is 261 g/mol. The molecule has 5 nitrogen and oxygen atoms in total. The van der Waals surface area contributed by atoms with Crippen LogP contribution >= 0.6 is 0 Å². The predicted octanol–water partition coefficient (Wildman–Crippen LogP) is 2.56. The van der Waals surface area contributed by atoms with Crippen molar-refractivity contribution in [3.8, 4) is 5.75 Å². The zero-order valence-corrected chi connectivity index (χ0v) is 10.9. The smallest absolute Gasteiger partial charge is 0.355 e. The van der Waals surface area contributed by atoms with Crippen LogP contribution in [0.3, 0.4) is 0 Å². The topological polar surface area (TPSA) is 68.4 Å². The highest BCUT2D eigenvalue weighted by molar-refractivity contribution is 6.08. The predicted molar refractivity (Wildman–Crippen MR) is 70.8 cm³/mol. The van der Waals surface area contributed by atoms with Crippen LogP contribution in [-0.4, -0.2) is 31.0 Å². The molecular weight excluding hydrogens is 246 g/mol. The number of ether oxygens (including phenoxy) is 2. The molecule has 19 heavy (non-hydrogen) atoms. The van der Waals surface area contributed by atoms with Gasteiger partial charge in [0.25, 0.3) is 0 Å². The minimum atomic E-state index is -0.515. The van der Waals surface area contributed by atoms with E-state index in [1.54, 1.807) is 25.3 Å². The minimum Gasteiger partial charge on any atom is -0.497 e. The molecule has 0 bridgehead atoms. The van der Waals surface area contributed by atoms with E-state index in [1.165, 1.54) is 0 Å². The normalized spacial score (nSPS) is 10.4. The number of benzene rings is 1. The number of fused-ring (bicyclic) bond motifs is 1. The van der Waals surface area contributed by atoms with E-state index in [0.717, 1.165) is 6.42 Å². The highest BCUT2D eigenvalue weighted by Gasteiger charge is 2.18. The first-order valence-electron chi connectivity index (χ1n) is 6.03. The summed E-state index contributed by atoms with van der Waals surface area (Å²) < 4.78 is 10.2. The maximum Gasteiger partial charge on any atom is 0.355 e. The molecule has 0 atom stereocenters. The van der Waals surface area contributed by atoms with Gasteiger partial charge in [-0.1, -0.05) is 6.92 Å². The first-order valence-corrected chi connectivity index (χ1v) is 6.03. The van der Waals surface area contributed by atoms with Gasteiger partial charge < -0.3 is 14.5 Å². The molecule has 0 spiro atoms. The van der Waals surface area contributed by atoms with E-state index < -0.39 is 5.97 Å². The fraction of sp³-hybridized carbons (Fsp3) is 0.286. The standard InChI is InChI=1S/C14H15NO4/c1-3-6-19-14(17)13-11(8-16)10-7-9(18-2)4-5-12(10)15-13/h4-5,7-8,15H,3,6H2,1-2H3. The second-order valence-corrected chi connectivity index (χ2v) is 4.08. The summed E-state index contributed by atoms with van der Waals surface area (Å²) in [4.78, 5) is 26.0. The molecule has 5 heteroatoms. The third kappa shape index (κ3) is 2.45. The summed E-state index contributed by atoms with van der Waals surface area (Å²) in [7, 11) is 1.55. The zero-order valence-electron chi connectivity index (χ0n) is 10.9. The third-order valence-electron chi connectivity index (χ3n) is 2.81. The molecule has 0 aliphatic rings. The summed E-state index contributed by atoms with van der Waals surface area (Å²) in [6.45, 7) is 2.24. The average Bonchev–Trinajstić information content (AvgIpc) is 2.82. The number of aromatic nitrogens is 1. The van der Waals surface area contributed by atoms with Gasteiger partial charge in [-0.15, -0.1) is 0 Å². The first-order chi connectivity index (χ1) is 9.21. The van der Waals surface area contributed by atoms with Gasteiger partial charge in [-0.25, -0.2) is 4.79 Å². The maximum atomic E-state index is 11.9. The van der Waals surface area contributed by atoms with Crippen molar-refractivity contribution in [2.24, 2.45) is 0 Å². The van der Waals surface area contributed by atoms with Gasteiger partial charge in [0.05, 0.1) is 19.3 Å². The van der Waals surface area contributed by atoms with Gasteiger partial charge in [0.2, 0.25) is 0 Å². The van der Waals surface area contributed by atoms with E-state index in [-0.39, 0.29) is 5.69 Å². The molecule has 0 unspecified atom stereocenters. The van der Waals surface area contributed by atoms with Gasteiger partial charge in [0.15, 0.2) is 6.29 Å². The summed E-state index contributed by atoms with van der Waals surface area (Å²) >= 11 is 0. The molecule has 0 aliphatic heterocycles. The zero-order chi connectivity index (χ0) is 13.8. The Labute approximate surface area is 110 Å². The molecule has 0 radical (unpaired) electrons. The molecule has 1 N–H and O–H groups in total. The largest absolute Gasteiger partial charge is 0.497 e. The number of H-pyrrole nitrogens is 1. The Morgan fingerprint density at radius 2 is 2.21 bits per heavy atom. The Morgan fingerprint density at radius 3 is 2.84 bits per heavy atom. The fourth-order valence-corrected chi connectivity index (χ4v) is 1.87. The molecule has 0 fully saturated rings. The van der Waals surface area contributed by atoms with Gasteiger partial charge in [-0.2, -0.15) is 0 Å². The molecule has 1 heterocycles. The summed E-state index contributed by atoms with van der Waals surface area (Å²) in [5, 5.41) is 0.651. The van der Waals surface area contributed by atoms with E-state index in [1.807, 2.05) is 6.92 Å². The quantitative estimate of drug-likeness (QED) is 0.663. The van der Waals surface area contributed by atoms with Gasteiger partial charge in [0.1, 0.15) is 11.4 Å². The molecule has 1 aromatic heterocycles. The summed E-state index contributed by atoms with van der Waals surface area (Å²) in [6, 6.07) is 5.23. The number of esters is 1. The summed E-state index contributed by atoms with van der Waals surface area (Å²) in [5.74, 6) is 0.113. The van der Waals surface area contributed by atoms with Crippen molar-refractivity contribution in [3.05, 3.63) is 29.5 Å². The van der Waals surface area contributed by atoms with E-state index in [2.05, 4.69) is 4.98 Å². The van der Waals surface area contributed by atoms with E-state index in [9.17, 15) is 9.59 Å². The van der Waals surface area contributed by atoms with Crippen molar-refractivity contribution in [2.45, 2.75) is 13.3 Å². The van der Waals surface area contributed by atoms with Crippen LogP contribution in [0, 0.1) is 0 Å². The van der Waals surface area contributed by atoms with E-state index in [4.69, 9.17) is 9.47 Å². The second kappa shape index (κ2) is 5.56. The Balaban J connectivity index is 2.49. The lowest BCUT2D eigenvalue weighted by Crippen LogP contribution is -2.08. The van der Waals surface area contributed by atoms with Crippen molar-refractivity contribution >= 4 is 23.2 Å². The number of nitrogens with one attached hydrogen (secondary N) is 1. The first kappa shape index (κ1) is 13.1. The van der Waals surface area contributed by atoms with Crippen molar-refractivity contribution in [1.29, 1.82) is 0 Å². The Morgan fingerprint density at radius 1 is 1.42 bits per heavy atom. The lowest BCUT2D eigenvalue weighted by Gasteiger charge is -2.01. The van der Waals surface area contributed by atoms with E-state index >= 15 is 0 Å². The molecule has 2 rings (SSSR count). The Hall–Kier alpha value is -2.30. The molecule has 100 valence electrons. The van der Waals surface area contributed by atoms with Gasteiger partial charge >= 0.3 is 5.97 Å². The van der Waals surface area contributed by atoms with Crippen molar-refractivity contribution < 1.29 is 19.1 Å². The highest BCUT2D eigenvalue weighted by Crippen LogP contribution is 2.26. The Kier molecular flexibility index (Phi) is 3.85. The van der Waals surface area contributed by atoms with Crippen LogP contribution in [-0.2, 0) is 4.74 Å². The van der Waals surface area contributed by atoms with Crippen LogP contribution in [0.15, 0.2) is 18.2 Å². The van der Waals surface area contributed by atoms with Crippen molar-refractivity contribution in [3.63, 3.8) is 0 Å². The van der Waals surface area contributed by atoms with E-state index in [0.29, 0.717) is 35.1 Å². The minimum absolute atomic E-state index is 0.187. The van der Waals surface area contributed by atoms with Crippen LogP contribution in [0.2, 0.25) is 0 Å². The Bertz CT molecular complexity index is 615. The number of aldehydes is 1. The van der Waals surface area contributed by atoms with Crippen LogP contribution in [0.5, 0.6) is 5.75 Å². The summed E-state index contributed by atoms with van der Waals surface area (Å²) in [6.07, 6.45) is 1.39. The molecule has 1 aromatic carbocycles. The molecular formula is C14H15NO4. The lowest BCUT2D eigenvalue weighted by atomic mass is 10.1. The lowest BCUT2D eigenvalue weighted by molar-refractivity contribution is 0.0497. The molecule has 2 aromatic rings. The SMILES string of the molecule is CCCOC(=O)c1[nH]c2ccc(OC)cc2c1C=O. The molecule has 0 aliphatic carbocycles. The highest BCUT2D eigenvalue weighted by atomic mass is 16.5.